The van der Waals surface area contributed by atoms with Crippen LogP contribution in [0.25, 0.3) is 21.0 Å². The quantitative estimate of drug-likeness (QED) is 0.527. The molecule has 0 radical (unpaired) electrons. The summed E-state index contributed by atoms with van der Waals surface area (Å²) in [6, 6.07) is 16.3. The molecule has 0 aliphatic carbocycles. The van der Waals surface area contributed by atoms with E-state index in [4.69, 9.17) is 4.74 Å². The number of aromatic amines is 1. The Labute approximate surface area is 154 Å². The van der Waals surface area contributed by atoms with Crippen LogP contribution in [-0.4, -0.2) is 24.1 Å². The molecule has 0 spiro atoms. The zero-order valence-electron chi connectivity index (χ0n) is 14.3. The number of benzene rings is 2. The molecule has 4 nitrogen and oxygen atoms in total. The van der Waals surface area contributed by atoms with Crippen molar-refractivity contribution in [1.82, 2.24) is 10.3 Å². The normalized spacial score (nSPS) is 19.6. The first-order valence-corrected chi connectivity index (χ1v) is 9.53. The molecule has 0 bridgehead atoms. The van der Waals surface area contributed by atoms with E-state index in [1.165, 1.54) is 33.7 Å². The highest BCUT2D eigenvalue weighted by Crippen LogP contribution is 2.39. The molecule has 2 N–H and O–H groups in total. The third kappa shape index (κ3) is 2.28. The molecule has 1 aliphatic heterocycles. The SMILES string of the molecule is COC(=O)C1Cc2c([nH]c3ccccc23)C(c2csc3ccccc23)N1. The zero-order chi connectivity index (χ0) is 17.7. The lowest BCUT2D eigenvalue weighted by Gasteiger charge is -2.30. The largest absolute Gasteiger partial charge is 0.468 e. The summed E-state index contributed by atoms with van der Waals surface area (Å²) in [6.07, 6.45) is 0.630. The molecule has 0 saturated carbocycles. The number of hydrogen-bond donors (Lipinski definition) is 2. The van der Waals surface area contributed by atoms with Crippen molar-refractivity contribution in [2.24, 2.45) is 0 Å². The fourth-order valence-corrected chi connectivity index (χ4v) is 4.98. The van der Waals surface area contributed by atoms with Crippen LogP contribution in [-0.2, 0) is 16.0 Å². The van der Waals surface area contributed by atoms with E-state index in [1.54, 1.807) is 11.3 Å². The number of nitrogens with one attached hydrogen (secondary N) is 2. The summed E-state index contributed by atoms with van der Waals surface area (Å²) in [5.41, 5.74) is 4.66. The van der Waals surface area contributed by atoms with E-state index in [1.807, 2.05) is 12.1 Å². The van der Waals surface area contributed by atoms with Gasteiger partial charge < -0.3 is 9.72 Å². The van der Waals surface area contributed by atoms with Crippen LogP contribution in [0.15, 0.2) is 53.9 Å². The molecule has 5 rings (SSSR count). The molecular formula is C21H18N2O2S. The number of aromatic nitrogens is 1. The van der Waals surface area contributed by atoms with Gasteiger partial charge in [-0.15, -0.1) is 11.3 Å². The molecule has 2 atom stereocenters. The van der Waals surface area contributed by atoms with Crippen LogP contribution in [0.2, 0.25) is 0 Å². The number of methoxy groups -OCH3 is 1. The van der Waals surface area contributed by atoms with Gasteiger partial charge in [0.05, 0.1) is 13.2 Å². The average Bonchev–Trinajstić information content (AvgIpc) is 3.28. The summed E-state index contributed by atoms with van der Waals surface area (Å²) < 4.78 is 6.29. The topological polar surface area (TPSA) is 54.1 Å². The Morgan fingerprint density at radius 2 is 1.88 bits per heavy atom. The summed E-state index contributed by atoms with van der Waals surface area (Å²) in [4.78, 5) is 15.9. The second kappa shape index (κ2) is 5.97. The van der Waals surface area contributed by atoms with Crippen LogP contribution in [0, 0.1) is 0 Å². The molecule has 2 aromatic heterocycles. The molecule has 26 heavy (non-hydrogen) atoms. The van der Waals surface area contributed by atoms with Crippen molar-refractivity contribution in [1.29, 1.82) is 0 Å². The second-order valence-electron chi connectivity index (χ2n) is 6.63. The molecule has 1 aliphatic rings. The molecule has 2 unspecified atom stereocenters. The number of rotatable bonds is 2. The third-order valence-corrected chi connectivity index (χ3v) is 6.20. The van der Waals surface area contributed by atoms with E-state index in [2.05, 4.69) is 52.1 Å². The van der Waals surface area contributed by atoms with E-state index in [0.29, 0.717) is 6.42 Å². The zero-order valence-corrected chi connectivity index (χ0v) is 15.1. The van der Waals surface area contributed by atoms with Gasteiger partial charge in [-0.3, -0.25) is 10.1 Å². The minimum absolute atomic E-state index is 0.0635. The molecular weight excluding hydrogens is 344 g/mol. The Bertz CT molecular complexity index is 1130. The maximum Gasteiger partial charge on any atom is 0.323 e. The van der Waals surface area contributed by atoms with Crippen molar-refractivity contribution in [2.45, 2.75) is 18.5 Å². The van der Waals surface area contributed by atoms with Gasteiger partial charge in [0.15, 0.2) is 0 Å². The molecule has 0 fully saturated rings. The number of para-hydroxylation sites is 1. The highest BCUT2D eigenvalue weighted by molar-refractivity contribution is 7.17. The van der Waals surface area contributed by atoms with Gasteiger partial charge in [-0.2, -0.15) is 0 Å². The average molecular weight is 362 g/mol. The fraction of sp³-hybridized carbons (Fsp3) is 0.190. The summed E-state index contributed by atoms with van der Waals surface area (Å²) in [5.74, 6) is -0.217. The van der Waals surface area contributed by atoms with Crippen molar-refractivity contribution in [2.75, 3.05) is 7.11 Å². The van der Waals surface area contributed by atoms with Gasteiger partial charge in [0.1, 0.15) is 6.04 Å². The first-order chi connectivity index (χ1) is 12.8. The number of fused-ring (bicyclic) bond motifs is 4. The first kappa shape index (κ1) is 15.6. The van der Waals surface area contributed by atoms with Crippen molar-refractivity contribution in [3.63, 3.8) is 0 Å². The van der Waals surface area contributed by atoms with Crippen LogP contribution < -0.4 is 5.32 Å². The van der Waals surface area contributed by atoms with E-state index in [9.17, 15) is 4.79 Å². The van der Waals surface area contributed by atoms with Gasteiger partial charge in [0, 0.05) is 27.7 Å². The molecule has 0 saturated heterocycles. The maximum absolute atomic E-state index is 12.3. The standard InChI is InChI=1S/C21H18N2O2S/c1-25-21(24)17-10-14-12-6-2-4-8-16(12)22-19(14)20(23-17)15-11-26-18-9-5-3-7-13(15)18/h2-9,11,17,20,22-23H,10H2,1H3. The van der Waals surface area contributed by atoms with Crippen molar-refractivity contribution >= 4 is 38.3 Å². The monoisotopic (exact) mass is 362 g/mol. The summed E-state index contributed by atoms with van der Waals surface area (Å²) >= 11 is 1.73. The number of ether oxygens (including phenoxy) is 1. The van der Waals surface area contributed by atoms with Crippen LogP contribution in [0.1, 0.15) is 22.9 Å². The van der Waals surface area contributed by atoms with Gasteiger partial charge in [-0.05, 0) is 34.0 Å². The predicted octanol–water partition coefficient (Wildman–Crippen LogP) is 4.16. The lowest BCUT2D eigenvalue weighted by molar-refractivity contribution is -0.143. The lowest BCUT2D eigenvalue weighted by Crippen LogP contribution is -2.45. The number of carbonyl (C=O) groups excluding carboxylic acids is 1. The number of carbonyl (C=O) groups is 1. The lowest BCUT2D eigenvalue weighted by atomic mass is 9.90. The summed E-state index contributed by atoms with van der Waals surface area (Å²) in [7, 11) is 1.45. The predicted molar refractivity (Wildman–Crippen MR) is 105 cm³/mol. The maximum atomic E-state index is 12.3. The van der Waals surface area contributed by atoms with Gasteiger partial charge in [0.25, 0.3) is 0 Å². The van der Waals surface area contributed by atoms with Crippen molar-refractivity contribution < 1.29 is 9.53 Å². The Kier molecular flexibility index (Phi) is 3.58. The van der Waals surface area contributed by atoms with Gasteiger partial charge in [0.2, 0.25) is 0 Å². The number of esters is 1. The highest BCUT2D eigenvalue weighted by Gasteiger charge is 2.35. The Morgan fingerprint density at radius 3 is 2.73 bits per heavy atom. The van der Waals surface area contributed by atoms with Crippen LogP contribution in [0.3, 0.4) is 0 Å². The van der Waals surface area contributed by atoms with E-state index in [-0.39, 0.29) is 18.1 Å². The molecule has 3 heterocycles. The van der Waals surface area contributed by atoms with Crippen LogP contribution in [0.4, 0.5) is 0 Å². The van der Waals surface area contributed by atoms with Gasteiger partial charge >= 0.3 is 5.97 Å². The summed E-state index contributed by atoms with van der Waals surface area (Å²) in [5, 5.41) is 8.12. The Balaban J connectivity index is 1.73. The molecule has 2 aromatic carbocycles. The summed E-state index contributed by atoms with van der Waals surface area (Å²) in [6.45, 7) is 0. The molecule has 4 aromatic rings. The van der Waals surface area contributed by atoms with Crippen LogP contribution in [0.5, 0.6) is 0 Å². The van der Waals surface area contributed by atoms with Gasteiger partial charge in [-0.25, -0.2) is 0 Å². The third-order valence-electron chi connectivity index (χ3n) is 5.22. The number of thiophene rings is 1. The minimum atomic E-state index is -0.352. The second-order valence-corrected chi connectivity index (χ2v) is 7.54. The smallest absolute Gasteiger partial charge is 0.323 e. The van der Waals surface area contributed by atoms with Crippen LogP contribution >= 0.6 is 11.3 Å². The molecule has 5 heteroatoms. The van der Waals surface area contributed by atoms with Crippen molar-refractivity contribution in [3.05, 3.63) is 70.7 Å². The molecule has 0 amide bonds. The highest BCUT2D eigenvalue weighted by atomic mass is 32.1. The van der Waals surface area contributed by atoms with Crippen molar-refractivity contribution in [3.8, 4) is 0 Å². The number of hydrogen-bond acceptors (Lipinski definition) is 4. The molecule has 130 valence electrons. The van der Waals surface area contributed by atoms with Gasteiger partial charge in [-0.1, -0.05) is 36.4 Å². The Morgan fingerprint density at radius 1 is 1.12 bits per heavy atom. The fourth-order valence-electron chi connectivity index (χ4n) is 4.00. The number of H-pyrrole nitrogens is 1. The van der Waals surface area contributed by atoms with E-state index in [0.717, 1.165) is 11.2 Å². The van der Waals surface area contributed by atoms with E-state index >= 15 is 0 Å². The minimum Gasteiger partial charge on any atom is -0.468 e. The Hall–Kier alpha value is -2.63. The van der Waals surface area contributed by atoms with E-state index < -0.39 is 0 Å². The first-order valence-electron chi connectivity index (χ1n) is 8.65.